The lowest BCUT2D eigenvalue weighted by Crippen LogP contribution is -2.43. The molecule has 1 aliphatic rings. The normalized spacial score (nSPS) is 24.9. The van der Waals surface area contributed by atoms with Crippen LogP contribution in [0.15, 0.2) is 24.3 Å². The smallest absolute Gasteiger partial charge is 0.274 e. The van der Waals surface area contributed by atoms with E-state index in [1.54, 1.807) is 18.2 Å². The highest BCUT2D eigenvalue weighted by atomic mass is 16.6. The van der Waals surface area contributed by atoms with E-state index in [9.17, 15) is 15.2 Å². The van der Waals surface area contributed by atoms with Crippen LogP contribution in [0.3, 0.4) is 0 Å². The van der Waals surface area contributed by atoms with E-state index < -0.39 is 0 Å². The lowest BCUT2D eigenvalue weighted by Gasteiger charge is -2.31. The van der Waals surface area contributed by atoms with Gasteiger partial charge in [0.25, 0.3) is 5.69 Å². The van der Waals surface area contributed by atoms with Crippen LogP contribution in [-0.4, -0.2) is 22.2 Å². The highest BCUT2D eigenvalue weighted by Crippen LogP contribution is 2.27. The molecule has 0 amide bonds. The minimum Gasteiger partial charge on any atom is -0.392 e. The van der Waals surface area contributed by atoms with Crippen LogP contribution in [-0.2, 0) is 0 Å². The number of nitro benzene ring substituents is 1. The summed E-state index contributed by atoms with van der Waals surface area (Å²) in [5, 5.41) is 24.3. The molecule has 1 aromatic rings. The average Bonchev–Trinajstić information content (AvgIpc) is 2.41. The highest BCUT2D eigenvalue weighted by Gasteiger charge is 2.26. The largest absolute Gasteiger partial charge is 0.392 e. The number of nitrogens with one attached hydrogen (secondary N) is 1. The van der Waals surface area contributed by atoms with Crippen molar-refractivity contribution in [3.05, 3.63) is 39.9 Å². The number of aliphatic hydroxyl groups excluding tert-OH is 1. The Kier molecular flexibility index (Phi) is 4.50. The van der Waals surface area contributed by atoms with Crippen LogP contribution in [0.2, 0.25) is 0 Å². The van der Waals surface area contributed by atoms with E-state index in [-0.39, 0.29) is 28.8 Å². The third-order valence-corrected chi connectivity index (χ3v) is 3.79. The van der Waals surface area contributed by atoms with Crippen LogP contribution < -0.4 is 5.32 Å². The molecule has 1 aromatic carbocycles. The van der Waals surface area contributed by atoms with Gasteiger partial charge in [0.2, 0.25) is 0 Å². The van der Waals surface area contributed by atoms with Crippen LogP contribution in [0.1, 0.15) is 44.2 Å². The molecular weight excluding hydrogens is 244 g/mol. The number of hydrogen-bond donors (Lipinski definition) is 2. The lowest BCUT2D eigenvalue weighted by molar-refractivity contribution is -0.385. The molecule has 3 atom stereocenters. The van der Waals surface area contributed by atoms with Gasteiger partial charge in [-0.05, 0) is 19.8 Å². The maximum atomic E-state index is 11.0. The molecule has 0 aliphatic heterocycles. The molecular formula is C14H20N2O3. The van der Waals surface area contributed by atoms with E-state index in [1.165, 1.54) is 6.07 Å². The zero-order chi connectivity index (χ0) is 13.8. The Labute approximate surface area is 112 Å². The van der Waals surface area contributed by atoms with Crippen molar-refractivity contribution in [2.24, 2.45) is 0 Å². The molecule has 5 nitrogen and oxygen atoms in total. The molecule has 0 spiro atoms. The molecule has 0 aromatic heterocycles. The number of nitro groups is 1. The van der Waals surface area contributed by atoms with Crippen molar-refractivity contribution in [1.82, 2.24) is 5.32 Å². The van der Waals surface area contributed by atoms with Crippen molar-refractivity contribution >= 4 is 5.69 Å². The van der Waals surface area contributed by atoms with Crippen molar-refractivity contribution in [3.63, 3.8) is 0 Å². The van der Waals surface area contributed by atoms with Gasteiger partial charge >= 0.3 is 0 Å². The standard InChI is InChI=1S/C14H20N2O3/c1-10(15-12-7-3-5-9-14(12)17)11-6-2-4-8-13(11)16(18)19/h2,4,6,8,10,12,14-15,17H,3,5,7,9H2,1H3. The molecule has 1 aliphatic carbocycles. The topological polar surface area (TPSA) is 75.4 Å². The van der Waals surface area contributed by atoms with Gasteiger partial charge in [-0.1, -0.05) is 31.0 Å². The number of aliphatic hydroxyl groups is 1. The van der Waals surface area contributed by atoms with Gasteiger partial charge in [-0.3, -0.25) is 10.1 Å². The zero-order valence-corrected chi connectivity index (χ0v) is 11.1. The van der Waals surface area contributed by atoms with Gasteiger partial charge in [-0.15, -0.1) is 0 Å². The Morgan fingerprint density at radius 1 is 1.37 bits per heavy atom. The summed E-state index contributed by atoms with van der Waals surface area (Å²) in [6, 6.07) is 6.65. The summed E-state index contributed by atoms with van der Waals surface area (Å²) in [7, 11) is 0. The molecule has 3 unspecified atom stereocenters. The molecule has 2 rings (SSSR count). The van der Waals surface area contributed by atoms with E-state index in [2.05, 4.69) is 5.32 Å². The molecule has 0 heterocycles. The molecule has 0 bridgehead atoms. The molecule has 0 radical (unpaired) electrons. The molecule has 19 heavy (non-hydrogen) atoms. The summed E-state index contributed by atoms with van der Waals surface area (Å²) < 4.78 is 0. The first-order valence-electron chi connectivity index (χ1n) is 6.77. The van der Waals surface area contributed by atoms with E-state index in [4.69, 9.17) is 0 Å². The average molecular weight is 264 g/mol. The Morgan fingerprint density at radius 3 is 2.74 bits per heavy atom. The summed E-state index contributed by atoms with van der Waals surface area (Å²) >= 11 is 0. The maximum Gasteiger partial charge on any atom is 0.274 e. The number of rotatable bonds is 4. The summed E-state index contributed by atoms with van der Waals surface area (Å²) in [5.74, 6) is 0. The fourth-order valence-corrected chi connectivity index (χ4v) is 2.74. The van der Waals surface area contributed by atoms with E-state index in [0.717, 1.165) is 25.7 Å². The summed E-state index contributed by atoms with van der Waals surface area (Å²) in [6.45, 7) is 1.91. The second kappa shape index (κ2) is 6.12. The maximum absolute atomic E-state index is 11.0. The Bertz CT molecular complexity index is 450. The van der Waals surface area contributed by atoms with Crippen molar-refractivity contribution in [1.29, 1.82) is 0 Å². The molecule has 104 valence electrons. The second-order valence-corrected chi connectivity index (χ2v) is 5.16. The SMILES string of the molecule is CC(NC1CCCCC1O)c1ccccc1[N+](=O)[O-]. The van der Waals surface area contributed by atoms with Crippen molar-refractivity contribution < 1.29 is 10.0 Å². The first kappa shape index (κ1) is 14.0. The first-order valence-corrected chi connectivity index (χ1v) is 6.77. The van der Waals surface area contributed by atoms with E-state index in [0.29, 0.717) is 5.56 Å². The van der Waals surface area contributed by atoms with Crippen molar-refractivity contribution in [2.75, 3.05) is 0 Å². The summed E-state index contributed by atoms with van der Waals surface area (Å²) in [5.41, 5.74) is 0.804. The van der Waals surface area contributed by atoms with Crippen LogP contribution >= 0.6 is 0 Å². The van der Waals surface area contributed by atoms with Crippen LogP contribution in [0, 0.1) is 10.1 Å². The summed E-state index contributed by atoms with van der Waals surface area (Å²) in [6.07, 6.45) is 3.53. The number of benzene rings is 1. The fourth-order valence-electron chi connectivity index (χ4n) is 2.74. The van der Waals surface area contributed by atoms with Gasteiger partial charge in [-0.25, -0.2) is 0 Å². The predicted octanol–water partition coefficient (Wildman–Crippen LogP) is 2.55. The van der Waals surface area contributed by atoms with Gasteiger partial charge < -0.3 is 10.4 Å². The van der Waals surface area contributed by atoms with Gasteiger partial charge in [0.05, 0.1) is 11.0 Å². The minimum atomic E-state index is -0.356. The van der Waals surface area contributed by atoms with Crippen LogP contribution in [0.4, 0.5) is 5.69 Å². The van der Waals surface area contributed by atoms with Gasteiger partial charge in [0, 0.05) is 23.7 Å². The molecule has 5 heteroatoms. The van der Waals surface area contributed by atoms with Gasteiger partial charge in [0.1, 0.15) is 0 Å². The molecule has 1 saturated carbocycles. The summed E-state index contributed by atoms with van der Waals surface area (Å²) in [4.78, 5) is 10.7. The molecule has 1 fully saturated rings. The van der Waals surface area contributed by atoms with Crippen molar-refractivity contribution in [2.45, 2.75) is 50.8 Å². The monoisotopic (exact) mass is 264 g/mol. The highest BCUT2D eigenvalue weighted by molar-refractivity contribution is 5.41. The van der Waals surface area contributed by atoms with E-state index >= 15 is 0 Å². The third-order valence-electron chi connectivity index (χ3n) is 3.79. The molecule has 2 N–H and O–H groups in total. The van der Waals surface area contributed by atoms with Crippen LogP contribution in [0.25, 0.3) is 0 Å². The lowest BCUT2D eigenvalue weighted by atomic mass is 9.91. The minimum absolute atomic E-state index is 0.0311. The van der Waals surface area contributed by atoms with Crippen molar-refractivity contribution in [3.8, 4) is 0 Å². The number of nitrogens with zero attached hydrogens (tertiary/aromatic N) is 1. The second-order valence-electron chi connectivity index (χ2n) is 5.16. The predicted molar refractivity (Wildman–Crippen MR) is 72.9 cm³/mol. The van der Waals surface area contributed by atoms with Gasteiger partial charge in [0.15, 0.2) is 0 Å². The van der Waals surface area contributed by atoms with Gasteiger partial charge in [-0.2, -0.15) is 0 Å². The van der Waals surface area contributed by atoms with Crippen LogP contribution in [0.5, 0.6) is 0 Å². The Hall–Kier alpha value is -1.46. The quantitative estimate of drug-likeness (QED) is 0.647. The Morgan fingerprint density at radius 2 is 2.05 bits per heavy atom. The molecule has 0 saturated heterocycles. The Balaban J connectivity index is 2.11. The number of hydrogen-bond acceptors (Lipinski definition) is 4. The first-order chi connectivity index (χ1) is 9.09. The fraction of sp³-hybridized carbons (Fsp3) is 0.571. The number of para-hydroxylation sites is 1. The zero-order valence-electron chi connectivity index (χ0n) is 11.1. The third kappa shape index (κ3) is 3.30. The van der Waals surface area contributed by atoms with E-state index in [1.807, 2.05) is 6.92 Å².